The maximum absolute atomic E-state index is 13.3. The first-order chi connectivity index (χ1) is 13.5. The van der Waals surface area contributed by atoms with Crippen molar-refractivity contribution in [3.8, 4) is 0 Å². The zero-order valence-corrected chi connectivity index (χ0v) is 15.6. The number of nitrogens with one attached hydrogen (secondary N) is 1. The van der Waals surface area contributed by atoms with E-state index in [-0.39, 0.29) is 23.6 Å². The Bertz CT molecular complexity index is 723. The molecule has 5 nitrogen and oxygen atoms in total. The summed E-state index contributed by atoms with van der Waals surface area (Å²) in [5, 5.41) is 3.10. The third-order valence-electron chi connectivity index (χ3n) is 4.85. The average molecular weight is 389 g/mol. The molecule has 1 aliphatic rings. The molecule has 0 spiro atoms. The number of amides is 1. The molecule has 1 aliphatic heterocycles. The summed E-state index contributed by atoms with van der Waals surface area (Å²) in [6, 6.07) is 11.9. The molecular weight excluding hydrogens is 364 g/mol. The number of carbonyl (C=O) groups is 1. The largest absolute Gasteiger partial charge is 0.369 e. The Morgan fingerprint density at radius 2 is 1.68 bits per heavy atom. The molecule has 0 saturated carbocycles. The van der Waals surface area contributed by atoms with Gasteiger partial charge in [-0.25, -0.2) is 8.78 Å². The van der Waals surface area contributed by atoms with Gasteiger partial charge in [0.25, 0.3) is 0 Å². The van der Waals surface area contributed by atoms with Crippen LogP contribution in [0.3, 0.4) is 0 Å². The number of halogens is 2. The van der Waals surface area contributed by atoms with Crippen LogP contribution in [-0.2, 0) is 9.53 Å². The van der Waals surface area contributed by atoms with Crippen molar-refractivity contribution in [2.24, 2.45) is 5.73 Å². The highest BCUT2D eigenvalue weighted by atomic mass is 19.1. The molecule has 0 aliphatic carbocycles. The van der Waals surface area contributed by atoms with Gasteiger partial charge in [-0.3, -0.25) is 9.69 Å². The average Bonchev–Trinajstić information content (AvgIpc) is 2.70. The molecule has 1 atom stereocenters. The van der Waals surface area contributed by atoms with Crippen LogP contribution in [0.25, 0.3) is 0 Å². The number of benzene rings is 2. The lowest BCUT2D eigenvalue weighted by Crippen LogP contribution is -2.56. The van der Waals surface area contributed by atoms with Crippen molar-refractivity contribution in [3.63, 3.8) is 0 Å². The number of rotatable bonds is 8. The summed E-state index contributed by atoms with van der Waals surface area (Å²) in [4.78, 5) is 13.5. The van der Waals surface area contributed by atoms with Gasteiger partial charge in [-0.1, -0.05) is 24.3 Å². The Labute approximate surface area is 163 Å². The van der Waals surface area contributed by atoms with E-state index in [1.165, 1.54) is 24.3 Å². The zero-order chi connectivity index (χ0) is 19.9. The van der Waals surface area contributed by atoms with E-state index in [9.17, 15) is 13.6 Å². The first-order valence-corrected chi connectivity index (χ1v) is 9.40. The van der Waals surface area contributed by atoms with E-state index in [2.05, 4.69) is 10.2 Å². The zero-order valence-electron chi connectivity index (χ0n) is 15.6. The molecule has 150 valence electrons. The number of nitrogens with zero attached hydrogens (tertiary/aromatic N) is 1. The first kappa shape index (κ1) is 20.4. The van der Waals surface area contributed by atoms with Crippen LogP contribution in [0.2, 0.25) is 0 Å². The molecule has 0 radical (unpaired) electrons. The monoisotopic (exact) mass is 389 g/mol. The summed E-state index contributed by atoms with van der Waals surface area (Å²) >= 11 is 0. The van der Waals surface area contributed by atoms with Crippen molar-refractivity contribution in [2.75, 3.05) is 32.8 Å². The number of nitrogens with two attached hydrogens (primary N) is 1. The van der Waals surface area contributed by atoms with Gasteiger partial charge >= 0.3 is 0 Å². The Morgan fingerprint density at radius 3 is 2.21 bits per heavy atom. The first-order valence-electron chi connectivity index (χ1n) is 9.40. The third-order valence-corrected chi connectivity index (χ3v) is 4.85. The van der Waals surface area contributed by atoms with Gasteiger partial charge in [0.15, 0.2) is 0 Å². The maximum Gasteiger partial charge on any atom is 0.235 e. The standard InChI is InChI=1S/C21H25F2N3O2/c22-17-6-2-15(3-7-17)20(16-4-8-18(23)9-5-16)28-13-1-11-26-12-10-25-19(14-26)21(24)27/h2-9,19-20,25H,1,10-14H2,(H2,24,27). The fourth-order valence-electron chi connectivity index (χ4n) is 3.35. The minimum absolute atomic E-state index is 0.315. The highest BCUT2D eigenvalue weighted by Crippen LogP contribution is 2.26. The summed E-state index contributed by atoms with van der Waals surface area (Å²) in [5.74, 6) is -0.970. The summed E-state index contributed by atoms with van der Waals surface area (Å²) in [5.41, 5.74) is 6.99. The van der Waals surface area contributed by atoms with E-state index < -0.39 is 6.10 Å². The fraction of sp³-hybridized carbons (Fsp3) is 0.381. The molecular formula is C21H25F2N3O2. The Morgan fingerprint density at radius 1 is 1.11 bits per heavy atom. The van der Waals surface area contributed by atoms with E-state index in [0.717, 1.165) is 37.2 Å². The molecule has 1 amide bonds. The topological polar surface area (TPSA) is 67.6 Å². The lowest BCUT2D eigenvalue weighted by molar-refractivity contribution is -0.121. The van der Waals surface area contributed by atoms with Gasteiger partial charge in [-0.2, -0.15) is 0 Å². The van der Waals surface area contributed by atoms with Crippen molar-refractivity contribution in [2.45, 2.75) is 18.6 Å². The number of hydrogen-bond acceptors (Lipinski definition) is 4. The quantitative estimate of drug-likeness (QED) is 0.680. The van der Waals surface area contributed by atoms with Crippen LogP contribution in [0, 0.1) is 11.6 Å². The maximum atomic E-state index is 13.3. The predicted octanol–water partition coefficient (Wildman–Crippen LogP) is 2.22. The van der Waals surface area contributed by atoms with Gasteiger partial charge in [-0.15, -0.1) is 0 Å². The summed E-state index contributed by atoms with van der Waals surface area (Å²) in [6.07, 6.45) is 0.368. The Hall–Kier alpha value is -2.35. The number of piperazine rings is 1. The van der Waals surface area contributed by atoms with Crippen molar-refractivity contribution in [1.82, 2.24) is 10.2 Å². The molecule has 2 aromatic carbocycles. The third kappa shape index (κ3) is 5.58. The Kier molecular flexibility index (Phi) is 7.08. The van der Waals surface area contributed by atoms with E-state index in [4.69, 9.17) is 10.5 Å². The van der Waals surface area contributed by atoms with Crippen LogP contribution < -0.4 is 11.1 Å². The second-order valence-electron chi connectivity index (χ2n) is 6.92. The number of carbonyl (C=O) groups excluding carboxylic acids is 1. The molecule has 3 N–H and O–H groups in total. The van der Waals surface area contributed by atoms with Crippen molar-refractivity contribution < 1.29 is 18.3 Å². The SMILES string of the molecule is NC(=O)C1CN(CCCOC(c2ccc(F)cc2)c2ccc(F)cc2)CCN1. The summed E-state index contributed by atoms with van der Waals surface area (Å²) in [6.45, 7) is 3.43. The van der Waals surface area contributed by atoms with Gasteiger partial charge < -0.3 is 15.8 Å². The van der Waals surface area contributed by atoms with E-state index in [0.29, 0.717) is 13.2 Å². The van der Waals surface area contributed by atoms with Crippen LogP contribution in [0.4, 0.5) is 8.78 Å². The predicted molar refractivity (Wildman–Crippen MR) is 103 cm³/mol. The molecule has 1 fully saturated rings. The second-order valence-corrected chi connectivity index (χ2v) is 6.92. The molecule has 28 heavy (non-hydrogen) atoms. The second kappa shape index (κ2) is 9.73. The molecule has 1 unspecified atom stereocenters. The smallest absolute Gasteiger partial charge is 0.235 e. The minimum Gasteiger partial charge on any atom is -0.369 e. The van der Waals surface area contributed by atoms with E-state index in [1.807, 2.05) is 0 Å². The van der Waals surface area contributed by atoms with Crippen LogP contribution in [0.1, 0.15) is 23.7 Å². The van der Waals surface area contributed by atoms with Crippen LogP contribution in [0.15, 0.2) is 48.5 Å². The highest BCUT2D eigenvalue weighted by Gasteiger charge is 2.23. The molecule has 1 saturated heterocycles. The van der Waals surface area contributed by atoms with Gasteiger partial charge in [0.05, 0.1) is 6.04 Å². The van der Waals surface area contributed by atoms with Gasteiger partial charge in [0.2, 0.25) is 5.91 Å². The molecule has 0 aromatic heterocycles. The van der Waals surface area contributed by atoms with Gasteiger partial charge in [-0.05, 0) is 41.8 Å². The molecule has 7 heteroatoms. The molecule has 2 aromatic rings. The lowest BCUT2D eigenvalue weighted by Gasteiger charge is -2.32. The highest BCUT2D eigenvalue weighted by molar-refractivity contribution is 5.80. The van der Waals surface area contributed by atoms with Crippen molar-refractivity contribution in [3.05, 3.63) is 71.3 Å². The van der Waals surface area contributed by atoms with Gasteiger partial charge in [0.1, 0.15) is 17.7 Å². The van der Waals surface area contributed by atoms with E-state index in [1.54, 1.807) is 24.3 Å². The number of ether oxygens (including phenoxy) is 1. The lowest BCUT2D eigenvalue weighted by atomic mass is 10.0. The molecule has 1 heterocycles. The van der Waals surface area contributed by atoms with Crippen LogP contribution in [0.5, 0.6) is 0 Å². The van der Waals surface area contributed by atoms with E-state index >= 15 is 0 Å². The van der Waals surface area contributed by atoms with Gasteiger partial charge in [0, 0.05) is 32.8 Å². The number of primary amides is 1. The van der Waals surface area contributed by atoms with Crippen LogP contribution in [-0.4, -0.2) is 49.6 Å². The summed E-state index contributed by atoms with van der Waals surface area (Å²) in [7, 11) is 0. The summed E-state index contributed by atoms with van der Waals surface area (Å²) < 4.78 is 32.6. The van der Waals surface area contributed by atoms with Crippen LogP contribution >= 0.6 is 0 Å². The van der Waals surface area contributed by atoms with Crippen molar-refractivity contribution >= 4 is 5.91 Å². The number of hydrogen-bond donors (Lipinski definition) is 2. The fourth-order valence-corrected chi connectivity index (χ4v) is 3.35. The molecule has 0 bridgehead atoms. The minimum atomic E-state index is -0.400. The molecule has 3 rings (SSSR count). The normalized spacial score (nSPS) is 17.8. The van der Waals surface area contributed by atoms with Crippen molar-refractivity contribution in [1.29, 1.82) is 0 Å². The Balaban J connectivity index is 1.58.